The number of carbonyl (C=O) groups is 2. The van der Waals surface area contributed by atoms with E-state index in [1.165, 1.54) is 18.2 Å². The molecule has 0 spiro atoms. The maximum atomic E-state index is 12.5. The minimum atomic E-state index is -3.97. The summed E-state index contributed by atoms with van der Waals surface area (Å²) in [5.74, 6) is -1.60. The van der Waals surface area contributed by atoms with Crippen LogP contribution in [-0.2, 0) is 19.6 Å². The molecule has 1 unspecified atom stereocenters. The van der Waals surface area contributed by atoms with Crippen molar-refractivity contribution in [2.24, 2.45) is 5.73 Å². The summed E-state index contributed by atoms with van der Waals surface area (Å²) in [6.45, 7) is 1.22. The zero-order chi connectivity index (χ0) is 18.4. The third kappa shape index (κ3) is 4.88. The number of amides is 2. The summed E-state index contributed by atoms with van der Waals surface area (Å²) in [4.78, 5) is 23.4. The Morgan fingerprint density at radius 1 is 1.08 bits per heavy atom. The third-order valence-corrected chi connectivity index (χ3v) is 4.87. The van der Waals surface area contributed by atoms with Gasteiger partial charge in [0.15, 0.2) is 0 Å². The van der Waals surface area contributed by atoms with Gasteiger partial charge in [0.05, 0.1) is 10.8 Å². The molecule has 1 atom stereocenters. The number of nitrogens with two attached hydrogens (primary N) is 1. The van der Waals surface area contributed by atoms with Crippen molar-refractivity contribution in [3.05, 3.63) is 60.2 Å². The van der Waals surface area contributed by atoms with Crippen LogP contribution in [0.25, 0.3) is 0 Å². The number of nitrogens with one attached hydrogen (secondary N) is 2. The second kappa shape index (κ2) is 7.91. The molecule has 2 aromatic rings. The Morgan fingerprint density at radius 3 is 2.36 bits per heavy atom. The van der Waals surface area contributed by atoms with Crippen LogP contribution in [0.15, 0.2) is 59.5 Å². The summed E-state index contributed by atoms with van der Waals surface area (Å²) in [6.07, 6.45) is 0. The van der Waals surface area contributed by atoms with Crippen LogP contribution in [0.1, 0.15) is 18.4 Å². The zero-order valence-electron chi connectivity index (χ0n) is 13.6. The molecule has 0 saturated carbocycles. The minimum absolute atomic E-state index is 0.111. The van der Waals surface area contributed by atoms with Crippen LogP contribution >= 0.6 is 0 Å². The zero-order valence-corrected chi connectivity index (χ0v) is 14.4. The molecule has 2 rings (SSSR count). The van der Waals surface area contributed by atoms with Crippen molar-refractivity contribution in [3.63, 3.8) is 0 Å². The fraction of sp³-hybridized carbons (Fsp3) is 0.176. The van der Waals surface area contributed by atoms with Gasteiger partial charge in [0.1, 0.15) is 0 Å². The maximum absolute atomic E-state index is 12.5. The number of sulfonamides is 1. The standard InChI is InChI=1S/C17H19N3O4S/c1-12(21)20-25(23,24)15-9-5-8-14(10-15)19-17(22)16(11-18)13-6-3-2-4-7-13/h2-10,16H,11,18H2,1H3,(H,19,22)(H,20,21). The van der Waals surface area contributed by atoms with Gasteiger partial charge in [0.2, 0.25) is 11.8 Å². The molecule has 0 fully saturated rings. The van der Waals surface area contributed by atoms with E-state index >= 15 is 0 Å². The van der Waals surface area contributed by atoms with Crippen molar-refractivity contribution in [1.29, 1.82) is 0 Å². The first-order chi connectivity index (χ1) is 11.8. The Balaban J connectivity index is 2.21. The predicted octanol–water partition coefficient (Wildman–Crippen LogP) is 1.19. The van der Waals surface area contributed by atoms with Gasteiger partial charge in [0.25, 0.3) is 10.0 Å². The number of hydrogen-bond donors (Lipinski definition) is 3. The maximum Gasteiger partial charge on any atom is 0.264 e. The molecule has 0 bridgehead atoms. The SMILES string of the molecule is CC(=O)NS(=O)(=O)c1cccc(NC(=O)C(CN)c2ccccc2)c1. The second-order valence-electron chi connectivity index (χ2n) is 5.38. The molecular weight excluding hydrogens is 342 g/mol. The van der Waals surface area contributed by atoms with Crippen LogP contribution in [0, 0.1) is 0 Å². The Kier molecular flexibility index (Phi) is 5.89. The lowest BCUT2D eigenvalue weighted by atomic mass is 9.98. The summed E-state index contributed by atoms with van der Waals surface area (Å²) in [5.41, 5.74) is 6.77. The highest BCUT2D eigenvalue weighted by Crippen LogP contribution is 2.19. The van der Waals surface area contributed by atoms with Gasteiger partial charge in [-0.2, -0.15) is 0 Å². The van der Waals surface area contributed by atoms with E-state index in [4.69, 9.17) is 5.73 Å². The quantitative estimate of drug-likeness (QED) is 0.714. The summed E-state index contributed by atoms with van der Waals surface area (Å²) < 4.78 is 25.9. The first kappa shape index (κ1) is 18.6. The largest absolute Gasteiger partial charge is 0.329 e. The monoisotopic (exact) mass is 361 g/mol. The fourth-order valence-electron chi connectivity index (χ4n) is 2.30. The first-order valence-electron chi connectivity index (χ1n) is 7.53. The molecule has 25 heavy (non-hydrogen) atoms. The molecular formula is C17H19N3O4S. The van der Waals surface area contributed by atoms with Gasteiger partial charge in [-0.3, -0.25) is 9.59 Å². The van der Waals surface area contributed by atoms with Crippen molar-refractivity contribution in [3.8, 4) is 0 Å². The van der Waals surface area contributed by atoms with E-state index in [1.54, 1.807) is 18.2 Å². The lowest BCUT2D eigenvalue weighted by Gasteiger charge is -2.16. The Labute approximate surface area is 146 Å². The number of hydrogen-bond acceptors (Lipinski definition) is 5. The van der Waals surface area contributed by atoms with Crippen molar-refractivity contribution in [1.82, 2.24) is 4.72 Å². The highest BCUT2D eigenvalue weighted by molar-refractivity contribution is 7.90. The molecule has 0 saturated heterocycles. The molecule has 0 aliphatic rings. The van der Waals surface area contributed by atoms with Gasteiger partial charge < -0.3 is 11.1 Å². The molecule has 0 aromatic heterocycles. The molecule has 8 heteroatoms. The first-order valence-corrected chi connectivity index (χ1v) is 9.01. The Bertz CT molecular complexity index is 866. The molecule has 132 valence electrons. The van der Waals surface area contributed by atoms with E-state index in [1.807, 2.05) is 22.9 Å². The second-order valence-corrected chi connectivity index (χ2v) is 7.06. The average molecular weight is 361 g/mol. The van der Waals surface area contributed by atoms with Crippen LogP contribution in [0.4, 0.5) is 5.69 Å². The van der Waals surface area contributed by atoms with Gasteiger partial charge >= 0.3 is 0 Å². The molecule has 0 aliphatic heterocycles. The molecule has 0 aliphatic carbocycles. The van der Waals surface area contributed by atoms with Crippen LogP contribution in [0.5, 0.6) is 0 Å². The summed E-state index contributed by atoms with van der Waals surface area (Å²) >= 11 is 0. The summed E-state index contributed by atoms with van der Waals surface area (Å²) in [5, 5.41) is 2.66. The number of carbonyl (C=O) groups excluding carboxylic acids is 2. The van der Waals surface area contributed by atoms with Crippen molar-refractivity contribution < 1.29 is 18.0 Å². The van der Waals surface area contributed by atoms with Crippen molar-refractivity contribution >= 4 is 27.5 Å². The van der Waals surface area contributed by atoms with Gasteiger partial charge in [-0.05, 0) is 23.8 Å². The van der Waals surface area contributed by atoms with E-state index in [0.717, 1.165) is 12.5 Å². The lowest BCUT2D eigenvalue weighted by Crippen LogP contribution is -2.29. The van der Waals surface area contributed by atoms with Gasteiger partial charge in [-0.1, -0.05) is 36.4 Å². The molecule has 0 radical (unpaired) electrons. The molecule has 2 amide bonds. The van der Waals surface area contributed by atoms with Crippen molar-refractivity contribution in [2.75, 3.05) is 11.9 Å². The fourth-order valence-corrected chi connectivity index (χ4v) is 3.33. The Morgan fingerprint density at radius 2 is 1.76 bits per heavy atom. The highest BCUT2D eigenvalue weighted by atomic mass is 32.2. The van der Waals surface area contributed by atoms with Crippen LogP contribution < -0.4 is 15.8 Å². The van der Waals surface area contributed by atoms with E-state index < -0.39 is 21.8 Å². The highest BCUT2D eigenvalue weighted by Gasteiger charge is 2.20. The van der Waals surface area contributed by atoms with Gasteiger partial charge in [-0.25, -0.2) is 13.1 Å². The number of rotatable bonds is 6. The van der Waals surface area contributed by atoms with E-state index in [9.17, 15) is 18.0 Å². The van der Waals surface area contributed by atoms with E-state index in [2.05, 4.69) is 5.32 Å². The van der Waals surface area contributed by atoms with Crippen molar-refractivity contribution in [2.45, 2.75) is 17.7 Å². The predicted molar refractivity (Wildman–Crippen MR) is 94.3 cm³/mol. The molecule has 0 heterocycles. The van der Waals surface area contributed by atoms with E-state index in [-0.39, 0.29) is 17.3 Å². The summed E-state index contributed by atoms with van der Waals surface area (Å²) in [6, 6.07) is 14.7. The number of anilines is 1. The average Bonchev–Trinajstić information content (AvgIpc) is 2.55. The smallest absolute Gasteiger partial charge is 0.264 e. The minimum Gasteiger partial charge on any atom is -0.329 e. The Hall–Kier alpha value is -2.71. The topological polar surface area (TPSA) is 118 Å². The van der Waals surface area contributed by atoms with Crippen LogP contribution in [0.3, 0.4) is 0 Å². The molecule has 2 aromatic carbocycles. The summed E-state index contributed by atoms with van der Waals surface area (Å²) in [7, 11) is -3.97. The van der Waals surface area contributed by atoms with Gasteiger partial charge in [0, 0.05) is 19.2 Å². The van der Waals surface area contributed by atoms with Crippen LogP contribution in [0.2, 0.25) is 0 Å². The third-order valence-electron chi connectivity index (χ3n) is 3.44. The van der Waals surface area contributed by atoms with Crippen LogP contribution in [-0.4, -0.2) is 26.8 Å². The van der Waals surface area contributed by atoms with E-state index in [0.29, 0.717) is 5.69 Å². The molecule has 7 nitrogen and oxygen atoms in total. The van der Waals surface area contributed by atoms with Gasteiger partial charge in [-0.15, -0.1) is 0 Å². The number of benzene rings is 2. The normalized spacial score (nSPS) is 12.2. The molecule has 4 N–H and O–H groups in total. The lowest BCUT2D eigenvalue weighted by molar-refractivity contribution is -0.118.